The lowest BCUT2D eigenvalue weighted by atomic mass is 10.0. The fourth-order valence-electron chi connectivity index (χ4n) is 2.81. The zero-order valence-corrected chi connectivity index (χ0v) is 13.0. The molecule has 0 saturated carbocycles. The molecule has 4 heteroatoms. The Labute approximate surface area is 127 Å². The van der Waals surface area contributed by atoms with E-state index in [4.69, 9.17) is 4.74 Å². The first-order valence-corrected chi connectivity index (χ1v) is 7.92. The molecule has 0 spiro atoms. The molecule has 0 bridgehead atoms. The summed E-state index contributed by atoms with van der Waals surface area (Å²) in [5.74, 6) is 1.63. The average Bonchev–Trinajstić information content (AvgIpc) is 2.99. The summed E-state index contributed by atoms with van der Waals surface area (Å²) in [4.78, 5) is 12.1. The van der Waals surface area contributed by atoms with Crippen LogP contribution in [0.3, 0.4) is 0 Å². The Balaban J connectivity index is 1.85. The molecular formula is C17H26N2O2. The van der Waals surface area contributed by atoms with Gasteiger partial charge in [-0.15, -0.1) is 0 Å². The van der Waals surface area contributed by atoms with Crippen LogP contribution in [0.25, 0.3) is 0 Å². The summed E-state index contributed by atoms with van der Waals surface area (Å²) in [6.45, 7) is 6.75. The second-order valence-electron chi connectivity index (χ2n) is 5.66. The Hall–Kier alpha value is -1.55. The summed E-state index contributed by atoms with van der Waals surface area (Å²) >= 11 is 0. The fraction of sp³-hybridized carbons (Fsp3) is 0.588. The van der Waals surface area contributed by atoms with E-state index in [-0.39, 0.29) is 11.9 Å². The zero-order valence-electron chi connectivity index (χ0n) is 13.0. The van der Waals surface area contributed by atoms with Crippen LogP contribution >= 0.6 is 0 Å². The Morgan fingerprint density at radius 2 is 2.29 bits per heavy atom. The predicted octanol–water partition coefficient (Wildman–Crippen LogP) is 2.65. The topological polar surface area (TPSA) is 50.4 Å². The van der Waals surface area contributed by atoms with Crippen molar-refractivity contribution in [1.82, 2.24) is 10.6 Å². The number of nitrogens with one attached hydrogen (secondary N) is 2. The highest BCUT2D eigenvalue weighted by molar-refractivity contribution is 5.76. The van der Waals surface area contributed by atoms with Crippen molar-refractivity contribution in [2.45, 2.75) is 39.2 Å². The standard InChI is InChI=1S/C17H26N2O2/c1-3-21-16-7-5-4-6-15(16)13(2)19-17(20)9-8-14-10-11-18-12-14/h4-7,13-14,18H,3,8-12H2,1-2H3,(H,19,20). The molecule has 2 atom stereocenters. The molecule has 1 aliphatic heterocycles. The van der Waals surface area contributed by atoms with Gasteiger partial charge in [-0.2, -0.15) is 0 Å². The molecule has 1 fully saturated rings. The smallest absolute Gasteiger partial charge is 0.220 e. The number of amides is 1. The van der Waals surface area contributed by atoms with Gasteiger partial charge < -0.3 is 15.4 Å². The maximum atomic E-state index is 12.1. The second kappa shape index (κ2) is 8.03. The molecular weight excluding hydrogens is 264 g/mol. The summed E-state index contributed by atoms with van der Waals surface area (Å²) in [5, 5.41) is 6.42. The summed E-state index contributed by atoms with van der Waals surface area (Å²) < 4.78 is 5.62. The van der Waals surface area contributed by atoms with Crippen molar-refractivity contribution in [2.24, 2.45) is 5.92 Å². The highest BCUT2D eigenvalue weighted by Crippen LogP contribution is 2.25. The van der Waals surface area contributed by atoms with Gasteiger partial charge in [0.2, 0.25) is 5.91 Å². The average molecular weight is 290 g/mol. The van der Waals surface area contributed by atoms with Crippen molar-refractivity contribution in [2.75, 3.05) is 19.7 Å². The van der Waals surface area contributed by atoms with Gasteiger partial charge in [0.25, 0.3) is 0 Å². The zero-order chi connectivity index (χ0) is 15.1. The predicted molar refractivity (Wildman–Crippen MR) is 84.4 cm³/mol. The number of carbonyl (C=O) groups excluding carboxylic acids is 1. The summed E-state index contributed by atoms with van der Waals surface area (Å²) in [6.07, 6.45) is 2.77. The molecule has 1 amide bonds. The van der Waals surface area contributed by atoms with Gasteiger partial charge in [0.1, 0.15) is 5.75 Å². The first kappa shape index (κ1) is 15.8. The monoisotopic (exact) mass is 290 g/mol. The van der Waals surface area contributed by atoms with Crippen LogP contribution in [0.2, 0.25) is 0 Å². The molecule has 2 N–H and O–H groups in total. The third kappa shape index (κ3) is 4.74. The van der Waals surface area contributed by atoms with E-state index in [2.05, 4.69) is 10.6 Å². The van der Waals surface area contributed by atoms with Gasteiger partial charge in [0.05, 0.1) is 12.6 Å². The first-order valence-electron chi connectivity index (χ1n) is 7.92. The Kier molecular flexibility index (Phi) is 6.05. The lowest BCUT2D eigenvalue weighted by Gasteiger charge is -2.18. The van der Waals surface area contributed by atoms with E-state index in [0.717, 1.165) is 30.8 Å². The summed E-state index contributed by atoms with van der Waals surface area (Å²) in [7, 11) is 0. The van der Waals surface area contributed by atoms with Gasteiger partial charge in [-0.25, -0.2) is 0 Å². The number of ether oxygens (including phenoxy) is 1. The van der Waals surface area contributed by atoms with E-state index in [1.54, 1.807) is 0 Å². The van der Waals surface area contributed by atoms with Crippen LogP contribution in [0, 0.1) is 5.92 Å². The molecule has 116 valence electrons. The molecule has 2 rings (SSSR count). The molecule has 0 radical (unpaired) electrons. The van der Waals surface area contributed by atoms with Gasteiger partial charge >= 0.3 is 0 Å². The number of hydrogen-bond donors (Lipinski definition) is 2. The van der Waals surface area contributed by atoms with Crippen LogP contribution in [-0.2, 0) is 4.79 Å². The molecule has 2 unspecified atom stereocenters. The number of benzene rings is 1. The third-order valence-corrected chi connectivity index (χ3v) is 4.00. The Morgan fingerprint density at radius 3 is 3.00 bits per heavy atom. The van der Waals surface area contributed by atoms with Crippen molar-refractivity contribution in [3.05, 3.63) is 29.8 Å². The summed E-state index contributed by atoms with van der Waals surface area (Å²) in [5.41, 5.74) is 1.04. The summed E-state index contributed by atoms with van der Waals surface area (Å²) in [6, 6.07) is 7.87. The molecule has 21 heavy (non-hydrogen) atoms. The van der Waals surface area contributed by atoms with Crippen molar-refractivity contribution >= 4 is 5.91 Å². The molecule has 4 nitrogen and oxygen atoms in total. The first-order chi connectivity index (χ1) is 10.2. The van der Waals surface area contributed by atoms with E-state index in [1.807, 2.05) is 38.1 Å². The maximum absolute atomic E-state index is 12.1. The Bertz CT molecular complexity index is 456. The normalized spacial score (nSPS) is 19.2. The van der Waals surface area contributed by atoms with Gasteiger partial charge in [0.15, 0.2) is 0 Å². The lowest BCUT2D eigenvalue weighted by Crippen LogP contribution is -2.27. The largest absolute Gasteiger partial charge is 0.494 e. The molecule has 1 saturated heterocycles. The lowest BCUT2D eigenvalue weighted by molar-refractivity contribution is -0.122. The van der Waals surface area contributed by atoms with Crippen LogP contribution < -0.4 is 15.4 Å². The van der Waals surface area contributed by atoms with Crippen molar-refractivity contribution in [3.8, 4) is 5.75 Å². The Morgan fingerprint density at radius 1 is 1.48 bits per heavy atom. The van der Waals surface area contributed by atoms with Gasteiger partial charge in [-0.3, -0.25) is 4.79 Å². The quantitative estimate of drug-likeness (QED) is 0.811. The number of hydrogen-bond acceptors (Lipinski definition) is 3. The van der Waals surface area contributed by atoms with Gasteiger partial charge in [-0.05, 0) is 51.8 Å². The van der Waals surface area contributed by atoms with Crippen molar-refractivity contribution < 1.29 is 9.53 Å². The van der Waals surface area contributed by atoms with Crippen LogP contribution in [-0.4, -0.2) is 25.6 Å². The highest BCUT2D eigenvalue weighted by Gasteiger charge is 2.17. The molecule has 1 heterocycles. The van der Waals surface area contributed by atoms with Gasteiger partial charge in [0, 0.05) is 12.0 Å². The number of rotatable bonds is 7. The van der Waals surface area contributed by atoms with E-state index in [9.17, 15) is 4.79 Å². The minimum Gasteiger partial charge on any atom is -0.494 e. The molecule has 1 aromatic rings. The SMILES string of the molecule is CCOc1ccccc1C(C)NC(=O)CCC1CCNC1. The molecule has 0 aliphatic carbocycles. The number of carbonyl (C=O) groups is 1. The van der Waals surface area contributed by atoms with Crippen LogP contribution in [0.1, 0.15) is 44.7 Å². The van der Waals surface area contributed by atoms with E-state index >= 15 is 0 Å². The second-order valence-corrected chi connectivity index (χ2v) is 5.66. The highest BCUT2D eigenvalue weighted by atomic mass is 16.5. The van der Waals surface area contributed by atoms with Gasteiger partial charge in [-0.1, -0.05) is 18.2 Å². The maximum Gasteiger partial charge on any atom is 0.220 e. The van der Waals surface area contributed by atoms with Crippen LogP contribution in [0.4, 0.5) is 0 Å². The van der Waals surface area contributed by atoms with Crippen molar-refractivity contribution in [3.63, 3.8) is 0 Å². The molecule has 1 aliphatic rings. The van der Waals surface area contributed by atoms with E-state index in [0.29, 0.717) is 18.9 Å². The fourth-order valence-corrected chi connectivity index (χ4v) is 2.81. The van der Waals surface area contributed by atoms with Crippen LogP contribution in [0.5, 0.6) is 5.75 Å². The van der Waals surface area contributed by atoms with E-state index in [1.165, 1.54) is 6.42 Å². The molecule has 0 aromatic heterocycles. The molecule has 1 aromatic carbocycles. The minimum atomic E-state index is -0.0260. The van der Waals surface area contributed by atoms with E-state index < -0.39 is 0 Å². The van der Waals surface area contributed by atoms with Crippen LogP contribution in [0.15, 0.2) is 24.3 Å². The number of para-hydroxylation sites is 1. The minimum absolute atomic E-state index is 0.0260. The third-order valence-electron chi connectivity index (χ3n) is 4.00. The van der Waals surface area contributed by atoms with Crippen molar-refractivity contribution in [1.29, 1.82) is 0 Å².